The fraction of sp³-hybridized carbons (Fsp3) is 0.429. The maximum absolute atomic E-state index is 13.7. The van der Waals surface area contributed by atoms with E-state index in [0.29, 0.717) is 25.1 Å². The number of halogens is 2. The molecule has 5 nitrogen and oxygen atoms in total. The van der Waals surface area contributed by atoms with Crippen LogP contribution in [0, 0.1) is 5.82 Å². The standard InChI is InChI=1S/C21H28FN5.HI/c1-2-23-21(24-12-11-18-7-3-4-8-19(18)22)26-16-17-9-10-20(25-15-17)27-13-5-6-14-27;/h3-4,7-10,15H,2,5-6,11-14,16H2,1H3,(H2,23,24,26);1H. The summed E-state index contributed by atoms with van der Waals surface area (Å²) in [6.07, 6.45) is 5.01. The summed E-state index contributed by atoms with van der Waals surface area (Å²) in [5.74, 6) is 1.62. The summed E-state index contributed by atoms with van der Waals surface area (Å²) >= 11 is 0. The average Bonchev–Trinajstić information content (AvgIpc) is 3.23. The van der Waals surface area contributed by atoms with Crippen molar-refractivity contribution in [2.24, 2.45) is 4.99 Å². The third-order valence-corrected chi connectivity index (χ3v) is 4.65. The number of anilines is 1. The Kier molecular flexibility index (Phi) is 9.46. The summed E-state index contributed by atoms with van der Waals surface area (Å²) in [6.45, 7) is 6.18. The first kappa shape index (κ1) is 22.4. The molecule has 1 aromatic carbocycles. The molecule has 0 saturated carbocycles. The van der Waals surface area contributed by atoms with Gasteiger partial charge in [-0.3, -0.25) is 0 Å². The highest BCUT2D eigenvalue weighted by Crippen LogP contribution is 2.17. The Balaban J connectivity index is 0.00000280. The molecule has 7 heteroatoms. The maximum atomic E-state index is 13.7. The highest BCUT2D eigenvalue weighted by molar-refractivity contribution is 14.0. The lowest BCUT2D eigenvalue weighted by molar-refractivity contribution is 0.606. The second-order valence-electron chi connectivity index (χ2n) is 6.68. The Morgan fingerprint density at radius 2 is 1.93 bits per heavy atom. The van der Waals surface area contributed by atoms with E-state index in [-0.39, 0.29) is 29.8 Å². The quantitative estimate of drug-likeness (QED) is 0.348. The zero-order chi connectivity index (χ0) is 18.9. The summed E-state index contributed by atoms with van der Waals surface area (Å²) in [4.78, 5) is 11.5. The molecule has 1 aliphatic rings. The van der Waals surface area contributed by atoms with Gasteiger partial charge in [0.15, 0.2) is 5.96 Å². The minimum atomic E-state index is -0.162. The van der Waals surface area contributed by atoms with Crippen molar-refractivity contribution in [1.29, 1.82) is 0 Å². The van der Waals surface area contributed by atoms with Crippen LogP contribution in [0.2, 0.25) is 0 Å². The minimum absolute atomic E-state index is 0. The molecule has 0 radical (unpaired) electrons. The van der Waals surface area contributed by atoms with E-state index in [4.69, 9.17) is 0 Å². The first-order chi connectivity index (χ1) is 13.3. The summed E-state index contributed by atoms with van der Waals surface area (Å²) in [5, 5.41) is 6.49. The average molecular weight is 497 g/mol. The van der Waals surface area contributed by atoms with Crippen LogP contribution in [0.5, 0.6) is 0 Å². The van der Waals surface area contributed by atoms with Gasteiger partial charge in [0.05, 0.1) is 6.54 Å². The van der Waals surface area contributed by atoms with E-state index < -0.39 is 0 Å². The van der Waals surface area contributed by atoms with Gasteiger partial charge in [-0.05, 0) is 49.4 Å². The summed E-state index contributed by atoms with van der Waals surface area (Å²) in [7, 11) is 0. The molecule has 2 heterocycles. The van der Waals surface area contributed by atoms with Crippen molar-refractivity contribution in [2.45, 2.75) is 32.7 Å². The van der Waals surface area contributed by atoms with Gasteiger partial charge in [0, 0.05) is 32.4 Å². The Bertz CT molecular complexity index is 745. The molecule has 152 valence electrons. The van der Waals surface area contributed by atoms with Crippen molar-refractivity contribution in [3.8, 4) is 0 Å². The molecule has 1 aliphatic heterocycles. The van der Waals surface area contributed by atoms with E-state index in [9.17, 15) is 4.39 Å². The third-order valence-electron chi connectivity index (χ3n) is 4.65. The van der Waals surface area contributed by atoms with Crippen LogP contribution >= 0.6 is 24.0 Å². The van der Waals surface area contributed by atoms with Crippen molar-refractivity contribution in [3.63, 3.8) is 0 Å². The molecule has 0 amide bonds. The van der Waals surface area contributed by atoms with Gasteiger partial charge >= 0.3 is 0 Å². The molecule has 0 bridgehead atoms. The van der Waals surface area contributed by atoms with Crippen LogP contribution in [-0.2, 0) is 13.0 Å². The lowest BCUT2D eigenvalue weighted by Gasteiger charge is -2.16. The molecule has 28 heavy (non-hydrogen) atoms. The first-order valence-corrected chi connectivity index (χ1v) is 9.71. The molecular weight excluding hydrogens is 468 g/mol. The number of hydrogen-bond acceptors (Lipinski definition) is 3. The van der Waals surface area contributed by atoms with E-state index in [2.05, 4.69) is 37.6 Å². The number of pyridine rings is 1. The van der Waals surface area contributed by atoms with Crippen LogP contribution < -0.4 is 15.5 Å². The summed E-state index contributed by atoms with van der Waals surface area (Å²) in [6, 6.07) is 11.0. The number of hydrogen-bond donors (Lipinski definition) is 2. The fourth-order valence-corrected chi connectivity index (χ4v) is 3.17. The van der Waals surface area contributed by atoms with Crippen molar-refractivity contribution in [2.75, 3.05) is 31.1 Å². The molecule has 0 unspecified atom stereocenters. The van der Waals surface area contributed by atoms with Gasteiger partial charge in [-0.25, -0.2) is 14.4 Å². The second-order valence-corrected chi connectivity index (χ2v) is 6.68. The van der Waals surface area contributed by atoms with Gasteiger partial charge in [-0.2, -0.15) is 0 Å². The predicted molar refractivity (Wildman–Crippen MR) is 124 cm³/mol. The fourth-order valence-electron chi connectivity index (χ4n) is 3.17. The highest BCUT2D eigenvalue weighted by atomic mass is 127. The van der Waals surface area contributed by atoms with Crippen molar-refractivity contribution >= 4 is 35.8 Å². The molecule has 0 spiro atoms. The number of aliphatic imine (C=N–C) groups is 1. The molecule has 3 rings (SSSR count). The van der Waals surface area contributed by atoms with Crippen LogP contribution in [0.25, 0.3) is 0 Å². The van der Waals surface area contributed by atoms with E-state index >= 15 is 0 Å². The van der Waals surface area contributed by atoms with E-state index in [1.807, 2.05) is 25.3 Å². The Morgan fingerprint density at radius 1 is 1.14 bits per heavy atom. The highest BCUT2D eigenvalue weighted by Gasteiger charge is 2.12. The van der Waals surface area contributed by atoms with E-state index in [1.54, 1.807) is 6.07 Å². The molecular formula is C21H29FIN5. The summed E-state index contributed by atoms with van der Waals surface area (Å²) in [5.41, 5.74) is 1.78. The van der Waals surface area contributed by atoms with Crippen molar-refractivity contribution < 1.29 is 4.39 Å². The van der Waals surface area contributed by atoms with Gasteiger partial charge in [-0.1, -0.05) is 24.3 Å². The third kappa shape index (κ3) is 6.61. The van der Waals surface area contributed by atoms with E-state index in [1.165, 1.54) is 18.9 Å². The second kappa shape index (κ2) is 11.8. The molecule has 1 aromatic heterocycles. The maximum Gasteiger partial charge on any atom is 0.191 e. The molecule has 1 fully saturated rings. The largest absolute Gasteiger partial charge is 0.357 e. The molecule has 1 saturated heterocycles. The predicted octanol–water partition coefficient (Wildman–Crippen LogP) is 3.74. The lowest BCUT2D eigenvalue weighted by Crippen LogP contribution is -2.38. The van der Waals surface area contributed by atoms with Crippen LogP contribution in [-0.4, -0.2) is 37.1 Å². The first-order valence-electron chi connectivity index (χ1n) is 9.71. The van der Waals surface area contributed by atoms with E-state index in [0.717, 1.165) is 37.0 Å². The molecule has 2 N–H and O–H groups in total. The topological polar surface area (TPSA) is 52.6 Å². The number of aromatic nitrogens is 1. The smallest absolute Gasteiger partial charge is 0.191 e. The zero-order valence-corrected chi connectivity index (χ0v) is 18.7. The van der Waals surface area contributed by atoms with Gasteiger partial charge in [-0.15, -0.1) is 24.0 Å². The van der Waals surface area contributed by atoms with Crippen LogP contribution in [0.1, 0.15) is 30.9 Å². The normalized spacial score (nSPS) is 13.9. The molecule has 0 aliphatic carbocycles. The Morgan fingerprint density at radius 3 is 2.61 bits per heavy atom. The van der Waals surface area contributed by atoms with Gasteiger partial charge < -0.3 is 15.5 Å². The monoisotopic (exact) mass is 497 g/mol. The molecule has 0 atom stereocenters. The number of benzene rings is 1. The Hall–Kier alpha value is -1.90. The number of rotatable bonds is 7. The zero-order valence-electron chi connectivity index (χ0n) is 16.3. The van der Waals surface area contributed by atoms with Crippen molar-refractivity contribution in [1.82, 2.24) is 15.6 Å². The number of nitrogens with one attached hydrogen (secondary N) is 2. The van der Waals surface area contributed by atoms with Crippen LogP contribution in [0.15, 0.2) is 47.6 Å². The van der Waals surface area contributed by atoms with Crippen LogP contribution in [0.4, 0.5) is 10.2 Å². The summed E-state index contributed by atoms with van der Waals surface area (Å²) < 4.78 is 13.7. The SMILES string of the molecule is CCNC(=NCc1ccc(N2CCCC2)nc1)NCCc1ccccc1F.I. The van der Waals surface area contributed by atoms with Gasteiger partial charge in [0.1, 0.15) is 11.6 Å². The van der Waals surface area contributed by atoms with Gasteiger partial charge in [0.25, 0.3) is 0 Å². The van der Waals surface area contributed by atoms with Crippen molar-refractivity contribution in [3.05, 3.63) is 59.5 Å². The minimum Gasteiger partial charge on any atom is -0.357 e. The molecule has 2 aromatic rings. The Labute approximate surface area is 183 Å². The number of guanidine groups is 1. The van der Waals surface area contributed by atoms with Gasteiger partial charge in [0.2, 0.25) is 0 Å². The number of nitrogens with zero attached hydrogens (tertiary/aromatic N) is 3. The lowest BCUT2D eigenvalue weighted by atomic mass is 10.1. The van der Waals surface area contributed by atoms with Crippen LogP contribution in [0.3, 0.4) is 0 Å².